The van der Waals surface area contributed by atoms with Crippen molar-refractivity contribution in [3.8, 4) is 0 Å². The summed E-state index contributed by atoms with van der Waals surface area (Å²) in [4.78, 5) is 67.3. The number of H-pyrrole nitrogens is 2. The Morgan fingerprint density at radius 1 is 0.477 bits per heavy atom. The Hall–Kier alpha value is -4.68. The van der Waals surface area contributed by atoms with Gasteiger partial charge in [0, 0.05) is 47.7 Å². The molecule has 2 aromatic heterocycles. The molecule has 2 aromatic carbocycles. The van der Waals surface area contributed by atoms with Gasteiger partial charge in [-0.3, -0.25) is 38.8 Å². The van der Waals surface area contributed by atoms with Crippen molar-refractivity contribution in [2.24, 2.45) is 0 Å². The van der Waals surface area contributed by atoms with Gasteiger partial charge >= 0.3 is 0 Å². The van der Waals surface area contributed by atoms with Gasteiger partial charge in [-0.25, -0.2) is 0 Å². The quantitative estimate of drug-likeness (QED) is 0.336. The molecule has 4 amide bonds. The first-order valence-electron chi connectivity index (χ1n) is 14.5. The van der Waals surface area contributed by atoms with E-state index < -0.39 is 23.6 Å². The number of nitrogens with zero attached hydrogens (tertiary/aromatic N) is 4. The van der Waals surface area contributed by atoms with Gasteiger partial charge in [0.2, 0.25) is 0 Å². The van der Waals surface area contributed by atoms with E-state index in [9.17, 15) is 19.2 Å². The van der Waals surface area contributed by atoms with Crippen molar-refractivity contribution in [2.45, 2.75) is 27.7 Å². The Kier molecular flexibility index (Phi) is 7.42. The molecule has 0 bridgehead atoms. The number of hydrogen-bond acceptors (Lipinski definition) is 6. The summed E-state index contributed by atoms with van der Waals surface area (Å²) in [5, 5.41) is 5.21. The van der Waals surface area contributed by atoms with E-state index in [2.05, 4.69) is 9.97 Å². The monoisotopic (exact) mass is 626 g/mol. The first kappa shape index (κ1) is 29.4. The van der Waals surface area contributed by atoms with Crippen LogP contribution in [-0.4, -0.2) is 89.6 Å². The third-order valence-corrected chi connectivity index (χ3v) is 9.09. The second kappa shape index (κ2) is 11.1. The summed E-state index contributed by atoms with van der Waals surface area (Å²) >= 11 is 10.9. The highest BCUT2D eigenvalue weighted by molar-refractivity contribution is 7.80. The Bertz CT molecular complexity index is 1970. The van der Waals surface area contributed by atoms with Crippen molar-refractivity contribution >= 4 is 91.0 Å². The number of aromatic amines is 2. The van der Waals surface area contributed by atoms with E-state index in [1.54, 1.807) is 0 Å². The summed E-state index contributed by atoms with van der Waals surface area (Å²) in [5.74, 6) is -1.86. The Morgan fingerprint density at radius 3 is 0.977 bits per heavy atom. The maximum Gasteiger partial charge on any atom is 0.267 e. The summed E-state index contributed by atoms with van der Waals surface area (Å²) in [5.41, 5.74) is -0.00272. The number of carbonyl (C=O) groups excluding carboxylic acids is 4. The Balaban J connectivity index is 1.80. The lowest BCUT2D eigenvalue weighted by atomic mass is 10.1. The smallest absolute Gasteiger partial charge is 0.267 e. The predicted molar refractivity (Wildman–Crippen MR) is 175 cm³/mol. The second-order valence-electron chi connectivity index (χ2n) is 10.4. The zero-order chi connectivity index (χ0) is 31.4. The van der Waals surface area contributed by atoms with E-state index in [1.807, 2.05) is 76.2 Å². The second-order valence-corrected chi connectivity index (χ2v) is 11.1. The van der Waals surface area contributed by atoms with E-state index in [4.69, 9.17) is 24.4 Å². The zero-order valence-electron chi connectivity index (χ0n) is 24.7. The number of carbonyl (C=O) groups is 4. The molecule has 44 heavy (non-hydrogen) atoms. The first-order chi connectivity index (χ1) is 21.2. The van der Waals surface area contributed by atoms with Crippen LogP contribution in [0.15, 0.2) is 48.5 Å². The van der Waals surface area contributed by atoms with E-state index >= 15 is 0 Å². The zero-order valence-corrected chi connectivity index (χ0v) is 26.3. The van der Waals surface area contributed by atoms with E-state index in [0.717, 1.165) is 10.8 Å². The maximum absolute atomic E-state index is 13.7. The van der Waals surface area contributed by atoms with Crippen LogP contribution in [-0.2, 0) is 19.2 Å². The SMILES string of the molecule is CCN1C(=O)C(=c2[nH]c(=c3[nH]c(=C4C(=O)N(CC)C(=S)N(CC)C4=O)c4ccccc34)c3ccccc23)C(=O)N(CC)C1=S. The predicted octanol–water partition coefficient (Wildman–Crippen LogP) is 2.23. The average Bonchev–Trinajstić information content (AvgIpc) is 3.57. The molecule has 0 atom stereocenters. The molecule has 2 aliphatic heterocycles. The number of benzene rings is 2. The molecule has 6 rings (SSSR count). The molecule has 2 N–H and O–H groups in total. The topological polar surface area (TPSA) is 113 Å². The van der Waals surface area contributed by atoms with Gasteiger partial charge in [0.05, 0.1) is 21.4 Å². The molecular weight excluding hydrogens is 597 g/mol. The number of rotatable bonds is 4. The van der Waals surface area contributed by atoms with Gasteiger partial charge in [-0.2, -0.15) is 0 Å². The highest BCUT2D eigenvalue weighted by atomic mass is 32.1. The van der Waals surface area contributed by atoms with Crippen LogP contribution in [0.25, 0.3) is 32.7 Å². The van der Waals surface area contributed by atoms with Gasteiger partial charge in [-0.1, -0.05) is 48.5 Å². The fourth-order valence-corrected chi connectivity index (χ4v) is 6.90. The lowest BCUT2D eigenvalue weighted by molar-refractivity contribution is -0.131. The van der Waals surface area contributed by atoms with Crippen molar-refractivity contribution < 1.29 is 19.2 Å². The van der Waals surface area contributed by atoms with Gasteiger partial charge in [-0.15, -0.1) is 0 Å². The average molecular weight is 627 g/mol. The maximum atomic E-state index is 13.7. The van der Waals surface area contributed by atoms with Crippen molar-refractivity contribution in [2.75, 3.05) is 26.2 Å². The molecule has 0 radical (unpaired) electrons. The molecule has 2 saturated heterocycles. The van der Waals surface area contributed by atoms with Crippen LogP contribution < -0.4 is 10.7 Å². The van der Waals surface area contributed by atoms with E-state index in [1.165, 1.54) is 19.6 Å². The molecule has 2 fully saturated rings. The highest BCUT2D eigenvalue weighted by Gasteiger charge is 2.40. The molecule has 10 nitrogen and oxygen atoms in total. The minimum absolute atomic E-state index is 0.00136. The van der Waals surface area contributed by atoms with Gasteiger partial charge in [0.1, 0.15) is 11.1 Å². The highest BCUT2D eigenvalue weighted by Crippen LogP contribution is 2.23. The minimum atomic E-state index is -0.466. The summed E-state index contributed by atoms with van der Waals surface area (Å²) in [7, 11) is 0. The molecular formula is C32H30N6O4S2. The molecule has 2 aliphatic rings. The molecule has 0 aliphatic carbocycles. The third-order valence-electron chi connectivity index (χ3n) is 8.21. The number of thiocarbonyl (C=S) groups is 2. The van der Waals surface area contributed by atoms with Crippen LogP contribution in [0, 0.1) is 10.7 Å². The minimum Gasteiger partial charge on any atom is -0.352 e. The first-order valence-corrected chi connectivity index (χ1v) is 15.3. The number of aromatic nitrogens is 2. The number of hydrogen-bond donors (Lipinski definition) is 2. The molecule has 4 aromatic rings. The normalized spacial score (nSPS) is 17.4. The largest absolute Gasteiger partial charge is 0.352 e. The number of fused-ring (bicyclic) bond motifs is 2. The molecule has 12 heteroatoms. The van der Waals surface area contributed by atoms with Crippen LogP contribution in [0.1, 0.15) is 27.7 Å². The van der Waals surface area contributed by atoms with Gasteiger partial charge in [0.15, 0.2) is 10.2 Å². The molecule has 4 heterocycles. The Labute approximate surface area is 262 Å². The summed E-state index contributed by atoms with van der Waals surface area (Å²) in [6.45, 7) is 8.51. The van der Waals surface area contributed by atoms with Crippen LogP contribution in [0.2, 0.25) is 0 Å². The van der Waals surface area contributed by atoms with Gasteiger partial charge in [0.25, 0.3) is 23.6 Å². The summed E-state index contributed by atoms with van der Waals surface area (Å²) in [6.07, 6.45) is 0. The molecule has 0 saturated carbocycles. The van der Waals surface area contributed by atoms with Crippen molar-refractivity contribution in [1.29, 1.82) is 0 Å². The fraction of sp³-hybridized carbons (Fsp3) is 0.250. The standard InChI is InChI=1S/C32H30N6O4S2/c1-5-35-27(39)21(28(40)36(6-2)31(35)43)23-17-13-9-11-15-19(17)25(33-23)26-20-16-12-10-14-18(20)24(34-26)22-29(41)37(7-3)32(44)38(8-4)30(22)42/h9-16,33-34H,5-8H2,1-4H3. The molecule has 224 valence electrons. The lowest BCUT2D eigenvalue weighted by Crippen LogP contribution is -2.56. The lowest BCUT2D eigenvalue weighted by Gasteiger charge is -2.35. The van der Waals surface area contributed by atoms with Crippen LogP contribution in [0.3, 0.4) is 0 Å². The van der Waals surface area contributed by atoms with Gasteiger partial charge < -0.3 is 9.97 Å². The third kappa shape index (κ3) is 4.12. The van der Waals surface area contributed by atoms with E-state index in [0.29, 0.717) is 58.3 Å². The van der Waals surface area contributed by atoms with Crippen LogP contribution >= 0.6 is 24.4 Å². The molecule has 0 unspecified atom stereocenters. The summed E-state index contributed by atoms with van der Waals surface area (Å²) < 4.78 is 0. The fourth-order valence-electron chi connectivity index (χ4n) is 6.05. The van der Waals surface area contributed by atoms with Crippen LogP contribution in [0.4, 0.5) is 0 Å². The van der Waals surface area contributed by atoms with Gasteiger partial charge in [-0.05, 0) is 52.1 Å². The van der Waals surface area contributed by atoms with Crippen molar-refractivity contribution in [3.05, 3.63) is 69.9 Å². The van der Waals surface area contributed by atoms with Crippen LogP contribution in [0.5, 0.6) is 0 Å². The Morgan fingerprint density at radius 2 is 0.727 bits per heavy atom. The summed E-state index contributed by atoms with van der Waals surface area (Å²) in [6, 6.07) is 14.9. The van der Waals surface area contributed by atoms with Crippen molar-refractivity contribution in [3.63, 3.8) is 0 Å². The number of nitrogens with one attached hydrogen (secondary N) is 2. The van der Waals surface area contributed by atoms with E-state index in [-0.39, 0.29) is 21.4 Å². The number of amides is 4. The molecule has 0 spiro atoms. The van der Waals surface area contributed by atoms with Crippen molar-refractivity contribution in [1.82, 2.24) is 29.6 Å².